The molecule has 2 fully saturated rings. The van der Waals surface area contributed by atoms with Gasteiger partial charge < -0.3 is 24.8 Å². The van der Waals surface area contributed by atoms with Gasteiger partial charge in [0.1, 0.15) is 18.2 Å². The highest BCUT2D eigenvalue weighted by Gasteiger charge is 2.54. The number of rotatable bonds is 8. The summed E-state index contributed by atoms with van der Waals surface area (Å²) in [6.45, 7) is 5.74. The number of nitrogens with zero attached hydrogens (tertiary/aromatic N) is 2. The molecule has 0 saturated carbocycles. The Morgan fingerprint density at radius 3 is 2.53 bits per heavy atom. The molecule has 10 nitrogen and oxygen atoms in total. The molecule has 2 aliphatic heterocycles. The molecule has 2 heterocycles. The van der Waals surface area contributed by atoms with Gasteiger partial charge in [0.25, 0.3) is 0 Å². The number of urea groups is 1. The lowest BCUT2D eigenvalue weighted by molar-refractivity contribution is -0.148. The minimum absolute atomic E-state index is 0.0767. The highest BCUT2D eigenvalue weighted by molar-refractivity contribution is 5.85. The van der Waals surface area contributed by atoms with E-state index in [4.69, 9.17) is 14.3 Å². The van der Waals surface area contributed by atoms with Crippen molar-refractivity contribution >= 4 is 18.1 Å². The molecule has 2 saturated heterocycles. The van der Waals surface area contributed by atoms with Gasteiger partial charge in [-0.15, -0.1) is 0 Å². The number of carbonyl (C=O) groups excluding carboxylic acids is 2. The molecule has 0 radical (unpaired) electrons. The van der Waals surface area contributed by atoms with Crippen LogP contribution in [0.1, 0.15) is 32.8 Å². The van der Waals surface area contributed by atoms with E-state index in [2.05, 4.69) is 5.32 Å². The predicted molar refractivity (Wildman–Crippen MR) is 114 cm³/mol. The number of carbonyl (C=O) groups is 3. The van der Waals surface area contributed by atoms with Gasteiger partial charge in [-0.1, -0.05) is 30.3 Å². The average Bonchev–Trinajstić information content (AvgIpc) is 2.95. The molecule has 2 bridgehead atoms. The fourth-order valence-corrected chi connectivity index (χ4v) is 4.23. The second kappa shape index (κ2) is 9.74. The van der Waals surface area contributed by atoms with Crippen LogP contribution in [-0.4, -0.2) is 77.2 Å². The number of benzene rings is 1. The smallest absolute Gasteiger partial charge is 0.407 e. The average molecular weight is 450 g/mol. The summed E-state index contributed by atoms with van der Waals surface area (Å²) in [6, 6.07) is 6.79. The first kappa shape index (κ1) is 23.8. The lowest BCUT2D eigenvalue weighted by Crippen LogP contribution is -2.58. The largest absolute Gasteiger partial charge is 0.480 e. The zero-order chi connectivity index (χ0) is 23.5. The number of carboxylic acids is 1. The number of hydrogen-bond acceptors (Lipinski definition) is 6. The van der Waals surface area contributed by atoms with Crippen LogP contribution in [-0.2, 0) is 25.7 Å². The fraction of sp³-hybridized carbons (Fsp3) is 0.591. The van der Waals surface area contributed by atoms with Crippen LogP contribution in [0.4, 0.5) is 9.59 Å². The number of nitrogens with one attached hydrogen (secondary N) is 1. The first-order chi connectivity index (χ1) is 15.1. The summed E-state index contributed by atoms with van der Waals surface area (Å²) in [5.41, 5.74) is 0.188. The van der Waals surface area contributed by atoms with Crippen LogP contribution in [0.5, 0.6) is 0 Å². The van der Waals surface area contributed by atoms with Gasteiger partial charge in [0.2, 0.25) is 0 Å². The van der Waals surface area contributed by atoms with Crippen LogP contribution < -0.4 is 5.32 Å². The summed E-state index contributed by atoms with van der Waals surface area (Å²) in [7, 11) is 1.47. The van der Waals surface area contributed by atoms with Gasteiger partial charge in [-0.2, -0.15) is 5.06 Å². The van der Waals surface area contributed by atoms with Gasteiger partial charge in [0, 0.05) is 19.6 Å². The van der Waals surface area contributed by atoms with E-state index in [0.29, 0.717) is 6.42 Å². The number of alkyl carbamates (subject to hydrolysis) is 1. The van der Waals surface area contributed by atoms with Crippen LogP contribution in [0.2, 0.25) is 0 Å². The van der Waals surface area contributed by atoms with E-state index in [1.165, 1.54) is 17.1 Å². The summed E-state index contributed by atoms with van der Waals surface area (Å²) in [5.74, 6) is -1.73. The van der Waals surface area contributed by atoms with Crippen molar-refractivity contribution in [1.82, 2.24) is 15.3 Å². The Balaban J connectivity index is 1.77. The maximum atomic E-state index is 13.0. The van der Waals surface area contributed by atoms with Gasteiger partial charge in [0.15, 0.2) is 0 Å². The number of carboxylic acid groups (broad SMARTS) is 1. The van der Waals surface area contributed by atoms with Gasteiger partial charge >= 0.3 is 18.1 Å². The molecule has 10 heteroatoms. The third kappa shape index (κ3) is 5.49. The first-order valence-corrected chi connectivity index (χ1v) is 10.6. The lowest BCUT2D eigenvalue weighted by atomic mass is 9.82. The number of aliphatic carboxylic acids is 1. The Morgan fingerprint density at radius 1 is 1.25 bits per heavy atom. The van der Waals surface area contributed by atoms with Crippen molar-refractivity contribution in [2.45, 2.75) is 57.5 Å². The Bertz CT molecular complexity index is 827. The summed E-state index contributed by atoms with van der Waals surface area (Å²) in [5, 5.41) is 13.9. The van der Waals surface area contributed by atoms with E-state index in [-0.39, 0.29) is 25.8 Å². The summed E-state index contributed by atoms with van der Waals surface area (Å²) >= 11 is 0. The Hall–Kier alpha value is -2.85. The molecule has 3 rings (SSSR count). The van der Waals surface area contributed by atoms with Crippen molar-refractivity contribution in [1.29, 1.82) is 0 Å². The molecule has 32 heavy (non-hydrogen) atoms. The van der Waals surface area contributed by atoms with E-state index < -0.39 is 41.7 Å². The van der Waals surface area contributed by atoms with Crippen molar-refractivity contribution in [3.63, 3.8) is 0 Å². The molecule has 0 aromatic heterocycles. The van der Waals surface area contributed by atoms with Gasteiger partial charge in [-0.25, -0.2) is 14.4 Å². The van der Waals surface area contributed by atoms with Crippen molar-refractivity contribution in [3.05, 3.63) is 35.9 Å². The van der Waals surface area contributed by atoms with E-state index in [1.807, 2.05) is 30.3 Å². The van der Waals surface area contributed by atoms with Crippen LogP contribution >= 0.6 is 0 Å². The standard InChI is InChI=1S/C22H31N3O7/c1-22(2,3)32-20(28)23-17(13-30-4)16-10-15-11-24(18(16)19(26)27)21(29)25(15)31-12-14-8-6-5-7-9-14/h5-9,15-18H,10-13H2,1-4H3,(H,23,28)(H,26,27)/t15-,16?,17?,18?/m1/s1. The molecule has 1 aromatic rings. The number of hydroxylamine groups is 2. The summed E-state index contributed by atoms with van der Waals surface area (Å²) in [6.07, 6.45) is -0.335. The van der Waals surface area contributed by atoms with E-state index in [1.54, 1.807) is 20.8 Å². The third-order valence-corrected chi connectivity index (χ3v) is 5.49. The molecule has 4 atom stereocenters. The number of ether oxygens (including phenoxy) is 2. The molecule has 2 N–H and O–H groups in total. The van der Waals surface area contributed by atoms with Gasteiger partial charge in [-0.05, 0) is 32.8 Å². The van der Waals surface area contributed by atoms with Gasteiger partial charge in [-0.3, -0.25) is 4.84 Å². The van der Waals surface area contributed by atoms with Crippen LogP contribution in [0.15, 0.2) is 30.3 Å². The van der Waals surface area contributed by atoms with Crippen molar-refractivity contribution in [2.24, 2.45) is 5.92 Å². The molecule has 3 amide bonds. The number of amides is 3. The number of fused-ring (bicyclic) bond motifs is 2. The molecule has 0 aliphatic carbocycles. The molecule has 3 unspecified atom stereocenters. The maximum absolute atomic E-state index is 13.0. The van der Waals surface area contributed by atoms with E-state index >= 15 is 0 Å². The molecule has 176 valence electrons. The Morgan fingerprint density at radius 2 is 1.94 bits per heavy atom. The fourth-order valence-electron chi connectivity index (χ4n) is 4.23. The quantitative estimate of drug-likeness (QED) is 0.625. The molecular weight excluding hydrogens is 418 g/mol. The first-order valence-electron chi connectivity index (χ1n) is 10.6. The zero-order valence-electron chi connectivity index (χ0n) is 18.8. The topological polar surface area (TPSA) is 118 Å². The van der Waals surface area contributed by atoms with Crippen LogP contribution in [0.3, 0.4) is 0 Å². The molecule has 1 aromatic carbocycles. The van der Waals surface area contributed by atoms with Crippen molar-refractivity contribution in [2.75, 3.05) is 20.3 Å². The Kier molecular flexibility index (Phi) is 7.25. The minimum Gasteiger partial charge on any atom is -0.480 e. The van der Waals surface area contributed by atoms with Crippen molar-refractivity contribution < 1.29 is 33.8 Å². The van der Waals surface area contributed by atoms with E-state index in [0.717, 1.165) is 5.56 Å². The highest BCUT2D eigenvalue weighted by Crippen LogP contribution is 2.36. The summed E-state index contributed by atoms with van der Waals surface area (Å²) in [4.78, 5) is 44.6. The predicted octanol–water partition coefficient (Wildman–Crippen LogP) is 2.24. The van der Waals surface area contributed by atoms with Crippen molar-refractivity contribution in [3.8, 4) is 0 Å². The normalized spacial score (nSPS) is 23.8. The summed E-state index contributed by atoms with van der Waals surface area (Å²) < 4.78 is 10.6. The minimum atomic E-state index is -1.14. The van der Waals surface area contributed by atoms with Crippen LogP contribution in [0.25, 0.3) is 0 Å². The number of hydrogen-bond donors (Lipinski definition) is 2. The third-order valence-electron chi connectivity index (χ3n) is 5.49. The zero-order valence-corrected chi connectivity index (χ0v) is 18.8. The number of piperidine rings is 1. The highest BCUT2D eigenvalue weighted by atomic mass is 16.7. The molecular formula is C22H31N3O7. The lowest BCUT2D eigenvalue weighted by Gasteiger charge is -2.39. The van der Waals surface area contributed by atoms with Crippen LogP contribution in [0, 0.1) is 5.92 Å². The SMILES string of the molecule is COCC(NC(=O)OC(C)(C)C)C1C[C@@H]2CN(C(=O)N2OCc2ccccc2)C1C(=O)O. The number of methoxy groups -OCH3 is 1. The molecule has 0 spiro atoms. The Labute approximate surface area is 187 Å². The monoisotopic (exact) mass is 449 g/mol. The molecule has 2 aliphatic rings. The maximum Gasteiger partial charge on any atom is 0.407 e. The van der Waals surface area contributed by atoms with E-state index in [9.17, 15) is 19.5 Å². The second-order valence-electron chi connectivity index (χ2n) is 9.06. The van der Waals surface area contributed by atoms with Gasteiger partial charge in [0.05, 0.1) is 18.7 Å². The second-order valence-corrected chi connectivity index (χ2v) is 9.06.